The molecule has 0 aliphatic heterocycles. The molecule has 0 unspecified atom stereocenters. The molecule has 4 N–H and O–H groups in total. The maximum atomic E-state index is 11.8. The van der Waals surface area contributed by atoms with Crippen LogP contribution >= 0.6 is 0 Å². The van der Waals surface area contributed by atoms with Gasteiger partial charge in [0.1, 0.15) is 0 Å². The molecule has 0 aliphatic carbocycles. The molecule has 0 saturated carbocycles. The normalized spacial score (nSPS) is 11.6. The van der Waals surface area contributed by atoms with E-state index in [-0.39, 0.29) is 23.9 Å². The minimum absolute atomic E-state index is 0.105. The highest BCUT2D eigenvalue weighted by atomic mass is 16.2. The fourth-order valence-corrected chi connectivity index (χ4v) is 2.00. The summed E-state index contributed by atoms with van der Waals surface area (Å²) in [6, 6.07) is 7.31. The van der Waals surface area contributed by atoms with Crippen LogP contribution in [0.5, 0.6) is 0 Å². The first-order valence-corrected chi connectivity index (χ1v) is 7.81. The van der Waals surface area contributed by atoms with Crippen LogP contribution < -0.4 is 21.3 Å². The molecule has 24 heavy (non-hydrogen) atoms. The smallest absolute Gasteiger partial charge is 0.251 e. The molecule has 0 bridgehead atoms. The van der Waals surface area contributed by atoms with Gasteiger partial charge in [0.25, 0.3) is 5.91 Å². The summed E-state index contributed by atoms with van der Waals surface area (Å²) in [7, 11) is 3.24. The van der Waals surface area contributed by atoms with E-state index in [1.165, 1.54) is 0 Å². The van der Waals surface area contributed by atoms with Gasteiger partial charge in [-0.05, 0) is 38.5 Å². The van der Waals surface area contributed by atoms with Crippen molar-refractivity contribution in [1.29, 1.82) is 0 Å². The number of carbonyl (C=O) groups is 2. The topological polar surface area (TPSA) is 94.6 Å². The number of aliphatic imine (C=N–C) groups is 1. The summed E-state index contributed by atoms with van der Waals surface area (Å²) in [5.41, 5.74) is 1.28. The van der Waals surface area contributed by atoms with Gasteiger partial charge < -0.3 is 21.3 Å². The van der Waals surface area contributed by atoms with E-state index in [9.17, 15) is 9.59 Å². The van der Waals surface area contributed by atoms with E-state index in [4.69, 9.17) is 0 Å². The molecule has 132 valence electrons. The van der Waals surface area contributed by atoms with Crippen molar-refractivity contribution >= 4 is 17.8 Å². The maximum absolute atomic E-state index is 11.8. The molecule has 0 atom stereocenters. The third kappa shape index (κ3) is 7.13. The van der Waals surface area contributed by atoms with Gasteiger partial charge in [0.05, 0.1) is 6.54 Å². The standard InChI is InChI=1S/C17H27N5O2/c1-17(2,3)22-14(23)11-21-16(19-5)20-10-12-7-6-8-13(9-12)15(24)18-4/h6-9H,10-11H2,1-5H3,(H,18,24)(H,22,23)(H2,19,20,21). The number of amides is 2. The van der Waals surface area contributed by atoms with Gasteiger partial charge in [-0.2, -0.15) is 0 Å². The number of guanidine groups is 1. The van der Waals surface area contributed by atoms with Gasteiger partial charge in [0.2, 0.25) is 5.91 Å². The van der Waals surface area contributed by atoms with E-state index in [1.54, 1.807) is 20.2 Å². The first-order chi connectivity index (χ1) is 11.2. The average Bonchev–Trinajstić information content (AvgIpc) is 2.53. The van der Waals surface area contributed by atoms with Gasteiger partial charge in [0.15, 0.2) is 5.96 Å². The number of hydrogen-bond acceptors (Lipinski definition) is 3. The first-order valence-electron chi connectivity index (χ1n) is 7.81. The van der Waals surface area contributed by atoms with Gasteiger partial charge in [-0.25, -0.2) is 0 Å². The molecule has 0 radical (unpaired) electrons. The molecule has 7 heteroatoms. The Balaban J connectivity index is 2.53. The number of hydrogen-bond donors (Lipinski definition) is 4. The Morgan fingerprint density at radius 2 is 1.88 bits per heavy atom. The van der Waals surface area contributed by atoms with Crippen LogP contribution in [0.25, 0.3) is 0 Å². The molecule has 1 aromatic rings. The van der Waals surface area contributed by atoms with Crippen LogP contribution in [0.1, 0.15) is 36.7 Å². The van der Waals surface area contributed by atoms with E-state index in [1.807, 2.05) is 39.0 Å². The second-order valence-electron chi connectivity index (χ2n) is 6.36. The van der Waals surface area contributed by atoms with Crippen molar-refractivity contribution < 1.29 is 9.59 Å². The number of carbonyl (C=O) groups excluding carboxylic acids is 2. The quantitative estimate of drug-likeness (QED) is 0.469. The molecule has 1 rings (SSSR count). The minimum Gasteiger partial charge on any atom is -0.355 e. The van der Waals surface area contributed by atoms with Gasteiger partial charge in [-0.3, -0.25) is 14.6 Å². The molecule has 1 aromatic carbocycles. The second kappa shape index (κ2) is 8.90. The number of benzene rings is 1. The van der Waals surface area contributed by atoms with Crippen molar-refractivity contribution in [2.45, 2.75) is 32.9 Å². The van der Waals surface area contributed by atoms with Gasteiger partial charge in [0, 0.05) is 31.7 Å². The highest BCUT2D eigenvalue weighted by Gasteiger charge is 2.13. The molecule has 0 aromatic heterocycles. The molecule has 2 amide bonds. The summed E-state index contributed by atoms with van der Waals surface area (Å²) < 4.78 is 0. The van der Waals surface area contributed by atoms with Crippen molar-refractivity contribution in [1.82, 2.24) is 21.3 Å². The average molecular weight is 333 g/mol. The summed E-state index contributed by atoms with van der Waals surface area (Å²) in [4.78, 5) is 27.5. The van der Waals surface area contributed by atoms with Crippen LogP contribution in [0.2, 0.25) is 0 Å². The van der Waals surface area contributed by atoms with Crippen LogP contribution in [-0.2, 0) is 11.3 Å². The molecule has 0 heterocycles. The molecule has 0 fully saturated rings. The third-order valence-corrected chi connectivity index (χ3v) is 3.03. The lowest BCUT2D eigenvalue weighted by Crippen LogP contribution is -2.48. The Bertz CT molecular complexity index is 605. The van der Waals surface area contributed by atoms with Crippen molar-refractivity contribution in [3.8, 4) is 0 Å². The summed E-state index contributed by atoms with van der Waals surface area (Å²) in [5, 5.41) is 11.5. The fourth-order valence-electron chi connectivity index (χ4n) is 2.00. The molecule has 7 nitrogen and oxygen atoms in total. The lowest BCUT2D eigenvalue weighted by Gasteiger charge is -2.21. The van der Waals surface area contributed by atoms with Crippen LogP contribution in [0.4, 0.5) is 0 Å². The van der Waals surface area contributed by atoms with Crippen molar-refractivity contribution in [3.63, 3.8) is 0 Å². The Morgan fingerprint density at radius 3 is 2.46 bits per heavy atom. The van der Waals surface area contributed by atoms with E-state index < -0.39 is 0 Å². The largest absolute Gasteiger partial charge is 0.355 e. The Hall–Kier alpha value is -2.57. The molecular weight excluding hydrogens is 306 g/mol. The van der Waals surface area contributed by atoms with Crippen LogP contribution in [0, 0.1) is 0 Å². The second-order valence-corrected chi connectivity index (χ2v) is 6.36. The molecule has 0 saturated heterocycles. The van der Waals surface area contributed by atoms with Gasteiger partial charge >= 0.3 is 0 Å². The number of nitrogens with one attached hydrogen (secondary N) is 4. The van der Waals surface area contributed by atoms with Gasteiger partial charge in [-0.1, -0.05) is 12.1 Å². The molecular formula is C17H27N5O2. The zero-order chi connectivity index (χ0) is 18.2. The summed E-state index contributed by atoms with van der Waals surface area (Å²) in [6.07, 6.45) is 0. The molecule has 0 aliphatic rings. The maximum Gasteiger partial charge on any atom is 0.251 e. The van der Waals surface area contributed by atoms with Gasteiger partial charge in [-0.15, -0.1) is 0 Å². The highest BCUT2D eigenvalue weighted by Crippen LogP contribution is 2.05. The fraction of sp³-hybridized carbons (Fsp3) is 0.471. The SMILES string of the molecule is CN=C(NCC(=O)NC(C)(C)C)NCc1cccc(C(=O)NC)c1. The Kier molecular flexibility index (Phi) is 7.23. The predicted molar refractivity (Wildman–Crippen MR) is 95.9 cm³/mol. The Labute approximate surface area is 143 Å². The van der Waals surface area contributed by atoms with Crippen LogP contribution in [0.3, 0.4) is 0 Å². The van der Waals surface area contributed by atoms with E-state index in [2.05, 4.69) is 26.3 Å². The van der Waals surface area contributed by atoms with E-state index in [0.717, 1.165) is 5.56 Å². The van der Waals surface area contributed by atoms with Crippen LogP contribution in [0.15, 0.2) is 29.3 Å². The zero-order valence-electron chi connectivity index (χ0n) is 15.0. The lowest BCUT2D eigenvalue weighted by atomic mass is 10.1. The number of rotatable bonds is 5. The highest BCUT2D eigenvalue weighted by molar-refractivity contribution is 5.94. The Morgan fingerprint density at radius 1 is 1.17 bits per heavy atom. The van der Waals surface area contributed by atoms with Crippen molar-refractivity contribution in [2.75, 3.05) is 20.6 Å². The van der Waals surface area contributed by atoms with Crippen molar-refractivity contribution in [2.24, 2.45) is 4.99 Å². The lowest BCUT2D eigenvalue weighted by molar-refractivity contribution is -0.121. The first kappa shape index (κ1) is 19.5. The van der Waals surface area contributed by atoms with E-state index in [0.29, 0.717) is 18.1 Å². The summed E-state index contributed by atoms with van der Waals surface area (Å²) in [5.74, 6) is 0.287. The van der Waals surface area contributed by atoms with Crippen molar-refractivity contribution in [3.05, 3.63) is 35.4 Å². The predicted octanol–water partition coefficient (Wildman–Crippen LogP) is 0.626. The zero-order valence-corrected chi connectivity index (χ0v) is 15.0. The molecule has 0 spiro atoms. The minimum atomic E-state index is -0.268. The third-order valence-electron chi connectivity index (χ3n) is 3.03. The monoisotopic (exact) mass is 333 g/mol. The summed E-state index contributed by atoms with van der Waals surface area (Å²) >= 11 is 0. The summed E-state index contributed by atoms with van der Waals surface area (Å²) in [6.45, 7) is 6.41. The number of nitrogens with zero attached hydrogens (tertiary/aromatic N) is 1. The van der Waals surface area contributed by atoms with Crippen LogP contribution in [-0.4, -0.2) is 44.0 Å². The van der Waals surface area contributed by atoms with E-state index >= 15 is 0 Å².